The Morgan fingerprint density at radius 2 is 2.05 bits per heavy atom. The van der Waals surface area contributed by atoms with Gasteiger partial charge < -0.3 is 4.74 Å². The van der Waals surface area contributed by atoms with Gasteiger partial charge in [-0.1, -0.05) is 36.5 Å². The Hall–Kier alpha value is -1.32. The van der Waals surface area contributed by atoms with Crippen LogP contribution in [0.25, 0.3) is 10.9 Å². The molecule has 0 spiro atoms. The van der Waals surface area contributed by atoms with E-state index in [2.05, 4.69) is 4.98 Å². The van der Waals surface area contributed by atoms with Crippen LogP contribution in [0.3, 0.4) is 0 Å². The average Bonchev–Trinajstić information content (AvgIpc) is 2.47. The molecule has 0 radical (unpaired) electrons. The molecule has 0 N–H and O–H groups in total. The third kappa shape index (κ3) is 3.36. The maximum Gasteiger partial charge on any atom is 0.313 e. The van der Waals surface area contributed by atoms with Gasteiger partial charge in [-0.15, -0.1) is 0 Å². The minimum atomic E-state index is -0.395. The normalized spacial score (nSPS) is 12.4. The van der Waals surface area contributed by atoms with E-state index < -0.39 is 5.92 Å². The first-order valence-electron chi connectivity index (χ1n) is 7.41. The van der Waals surface area contributed by atoms with Gasteiger partial charge in [0.05, 0.1) is 23.1 Å². The number of rotatable bonds is 5. The van der Waals surface area contributed by atoms with Gasteiger partial charge in [-0.25, -0.2) is 0 Å². The second-order valence-corrected chi connectivity index (χ2v) is 5.99. The molecule has 0 aliphatic heterocycles. The molecule has 0 saturated heterocycles. The predicted molar refractivity (Wildman–Crippen MR) is 90.8 cm³/mol. The second kappa shape index (κ2) is 7.30. The van der Waals surface area contributed by atoms with Crippen molar-refractivity contribution in [1.82, 2.24) is 4.98 Å². The van der Waals surface area contributed by atoms with Crippen LogP contribution in [0.5, 0.6) is 0 Å². The zero-order chi connectivity index (χ0) is 16.3. The third-order valence-corrected chi connectivity index (χ3v) is 4.25. The summed E-state index contributed by atoms with van der Waals surface area (Å²) in [6, 6.07) is 5.39. The molecule has 0 fully saturated rings. The standard InChI is InChI=1S/C17H19Cl2NO2/c1-4-6-12(17(21)22-5-2)15-10(3)20-14-8-7-11(18)9-13(14)16(15)19/h7-9,12H,4-6H2,1-3H3. The van der Waals surface area contributed by atoms with Crippen LogP contribution in [0.1, 0.15) is 43.9 Å². The van der Waals surface area contributed by atoms with Crippen LogP contribution in [0.15, 0.2) is 18.2 Å². The summed E-state index contributed by atoms with van der Waals surface area (Å²) in [6.07, 6.45) is 1.53. The molecule has 0 aliphatic carbocycles. The highest BCUT2D eigenvalue weighted by Crippen LogP contribution is 2.36. The lowest BCUT2D eigenvalue weighted by molar-refractivity contribution is -0.145. The van der Waals surface area contributed by atoms with Crippen LogP contribution in [0, 0.1) is 6.92 Å². The molecule has 22 heavy (non-hydrogen) atoms. The fourth-order valence-corrected chi connectivity index (χ4v) is 3.23. The first-order chi connectivity index (χ1) is 10.5. The van der Waals surface area contributed by atoms with E-state index in [0.717, 1.165) is 28.6 Å². The number of carbonyl (C=O) groups excluding carboxylic acids is 1. The molecular formula is C17H19Cl2NO2. The maximum atomic E-state index is 12.3. The maximum absolute atomic E-state index is 12.3. The molecule has 1 heterocycles. The van der Waals surface area contributed by atoms with E-state index in [0.29, 0.717) is 23.1 Å². The average molecular weight is 340 g/mol. The summed E-state index contributed by atoms with van der Waals surface area (Å²) < 4.78 is 5.21. The minimum absolute atomic E-state index is 0.252. The smallest absolute Gasteiger partial charge is 0.313 e. The van der Waals surface area contributed by atoms with Gasteiger partial charge in [-0.05, 0) is 38.5 Å². The number of nitrogens with zero attached hydrogens (tertiary/aromatic N) is 1. The van der Waals surface area contributed by atoms with E-state index in [-0.39, 0.29) is 5.97 Å². The lowest BCUT2D eigenvalue weighted by atomic mass is 9.92. The van der Waals surface area contributed by atoms with Crippen molar-refractivity contribution in [1.29, 1.82) is 0 Å². The summed E-state index contributed by atoms with van der Waals surface area (Å²) in [6.45, 7) is 6.05. The molecule has 3 nitrogen and oxygen atoms in total. The quantitative estimate of drug-likeness (QED) is 0.694. The van der Waals surface area contributed by atoms with Crippen molar-refractivity contribution < 1.29 is 9.53 Å². The van der Waals surface area contributed by atoms with Crippen LogP contribution in [-0.4, -0.2) is 17.6 Å². The van der Waals surface area contributed by atoms with Crippen molar-refractivity contribution in [3.63, 3.8) is 0 Å². The van der Waals surface area contributed by atoms with Gasteiger partial charge in [0.15, 0.2) is 0 Å². The van der Waals surface area contributed by atoms with Gasteiger partial charge in [-0.2, -0.15) is 0 Å². The van der Waals surface area contributed by atoms with Crippen LogP contribution in [-0.2, 0) is 9.53 Å². The van der Waals surface area contributed by atoms with E-state index in [1.54, 1.807) is 19.1 Å². The van der Waals surface area contributed by atoms with Gasteiger partial charge in [-0.3, -0.25) is 9.78 Å². The fraction of sp³-hybridized carbons (Fsp3) is 0.412. The zero-order valence-electron chi connectivity index (χ0n) is 13.0. The van der Waals surface area contributed by atoms with Crippen molar-refractivity contribution >= 4 is 40.1 Å². The highest BCUT2D eigenvalue weighted by molar-refractivity contribution is 6.37. The molecule has 0 aliphatic rings. The highest BCUT2D eigenvalue weighted by atomic mass is 35.5. The fourth-order valence-electron chi connectivity index (χ4n) is 2.64. The number of halogens is 2. The molecule has 0 saturated carbocycles. The molecule has 2 aromatic rings. The lowest BCUT2D eigenvalue weighted by Crippen LogP contribution is -2.18. The van der Waals surface area contributed by atoms with Crippen molar-refractivity contribution in [3.05, 3.63) is 39.5 Å². The van der Waals surface area contributed by atoms with E-state index in [1.807, 2.05) is 19.9 Å². The van der Waals surface area contributed by atoms with Crippen LogP contribution in [0.4, 0.5) is 0 Å². The molecule has 1 aromatic heterocycles. The predicted octanol–water partition coefficient (Wildman–Crippen LogP) is 5.30. The summed E-state index contributed by atoms with van der Waals surface area (Å²) in [4.78, 5) is 16.9. The molecule has 0 bridgehead atoms. The molecular weight excluding hydrogens is 321 g/mol. The number of pyridine rings is 1. The van der Waals surface area contributed by atoms with E-state index in [4.69, 9.17) is 27.9 Å². The first kappa shape index (κ1) is 17.0. The van der Waals surface area contributed by atoms with Crippen molar-refractivity contribution in [2.75, 3.05) is 6.61 Å². The Labute approximate surface area is 140 Å². The molecule has 0 amide bonds. The second-order valence-electron chi connectivity index (χ2n) is 5.18. The SMILES string of the molecule is CCCC(C(=O)OCC)c1c(C)nc2ccc(Cl)cc2c1Cl. The Morgan fingerprint density at radius 3 is 2.68 bits per heavy atom. The van der Waals surface area contributed by atoms with Gasteiger partial charge in [0.25, 0.3) is 0 Å². The molecule has 118 valence electrons. The van der Waals surface area contributed by atoms with E-state index in [1.165, 1.54) is 0 Å². The molecule has 1 unspecified atom stereocenters. The minimum Gasteiger partial charge on any atom is -0.466 e. The summed E-state index contributed by atoms with van der Waals surface area (Å²) in [5, 5.41) is 1.89. The van der Waals surface area contributed by atoms with Gasteiger partial charge in [0, 0.05) is 21.7 Å². The topological polar surface area (TPSA) is 39.2 Å². The van der Waals surface area contributed by atoms with Crippen LogP contribution < -0.4 is 0 Å². The van der Waals surface area contributed by atoms with Gasteiger partial charge in [0.1, 0.15) is 0 Å². The Morgan fingerprint density at radius 1 is 1.32 bits per heavy atom. The number of aromatic nitrogens is 1. The highest BCUT2D eigenvalue weighted by Gasteiger charge is 2.27. The van der Waals surface area contributed by atoms with Crippen LogP contribution >= 0.6 is 23.2 Å². The zero-order valence-corrected chi connectivity index (χ0v) is 14.5. The largest absolute Gasteiger partial charge is 0.466 e. The Kier molecular flexibility index (Phi) is 5.65. The summed E-state index contributed by atoms with van der Waals surface area (Å²) >= 11 is 12.6. The number of fused-ring (bicyclic) bond motifs is 1. The number of aryl methyl sites for hydroxylation is 1. The van der Waals surface area contributed by atoms with Gasteiger partial charge in [0.2, 0.25) is 0 Å². The lowest BCUT2D eigenvalue weighted by Gasteiger charge is -2.19. The van der Waals surface area contributed by atoms with Crippen molar-refractivity contribution in [3.8, 4) is 0 Å². The number of carbonyl (C=O) groups is 1. The number of benzene rings is 1. The first-order valence-corrected chi connectivity index (χ1v) is 8.17. The Balaban J connectivity index is 2.63. The summed E-state index contributed by atoms with van der Waals surface area (Å²) in [5.74, 6) is -0.647. The summed E-state index contributed by atoms with van der Waals surface area (Å²) in [7, 11) is 0. The molecule has 1 atom stereocenters. The molecule has 1 aromatic carbocycles. The van der Waals surface area contributed by atoms with E-state index in [9.17, 15) is 4.79 Å². The van der Waals surface area contributed by atoms with Crippen molar-refractivity contribution in [2.24, 2.45) is 0 Å². The van der Waals surface area contributed by atoms with E-state index >= 15 is 0 Å². The van der Waals surface area contributed by atoms with Crippen LogP contribution in [0.2, 0.25) is 10.0 Å². The Bertz CT molecular complexity index is 701. The number of ether oxygens (including phenoxy) is 1. The monoisotopic (exact) mass is 339 g/mol. The van der Waals surface area contributed by atoms with Crippen molar-refractivity contribution in [2.45, 2.75) is 39.5 Å². The molecule has 5 heteroatoms. The molecule has 2 rings (SSSR count). The summed E-state index contributed by atoms with van der Waals surface area (Å²) in [5.41, 5.74) is 2.28. The van der Waals surface area contributed by atoms with Gasteiger partial charge >= 0.3 is 5.97 Å². The number of hydrogen-bond donors (Lipinski definition) is 0. The number of hydrogen-bond acceptors (Lipinski definition) is 3. The number of esters is 1. The third-order valence-electron chi connectivity index (χ3n) is 3.61.